The second-order valence-electron chi connectivity index (χ2n) is 5.77. The number of pyridine rings is 1. The second-order valence-corrected chi connectivity index (χ2v) is 5.77. The molecule has 1 aromatic rings. The van der Waals surface area contributed by atoms with Gasteiger partial charge in [0.05, 0.1) is 17.9 Å². The van der Waals surface area contributed by atoms with E-state index in [4.69, 9.17) is 10.1 Å². The Morgan fingerprint density at radius 2 is 2.22 bits per heavy atom. The molecular weight excluding hydrogens is 286 g/mol. The number of nitrogens with one attached hydrogen (secondary N) is 1. The Balaban J connectivity index is 1.93. The summed E-state index contributed by atoms with van der Waals surface area (Å²) in [5.74, 6) is 0.917. The predicted molar refractivity (Wildman–Crippen MR) is 89.6 cm³/mol. The average Bonchev–Trinajstić information content (AvgIpc) is 3.12. The van der Waals surface area contributed by atoms with Crippen molar-refractivity contribution in [1.82, 2.24) is 4.98 Å². The number of nitriles is 1. The maximum Gasteiger partial charge on any atom is 0.140 e. The molecule has 3 rings (SSSR count). The number of allylic oxidation sites excluding steroid dienone is 4. The highest BCUT2D eigenvalue weighted by Gasteiger charge is 2.41. The molecule has 0 amide bonds. The fourth-order valence-corrected chi connectivity index (χ4v) is 3.35. The third-order valence-electron chi connectivity index (χ3n) is 4.42. The molecule has 1 N–H and O–H groups in total. The first kappa shape index (κ1) is 15.2. The first-order valence-electron chi connectivity index (χ1n) is 7.88. The fourth-order valence-electron chi connectivity index (χ4n) is 3.35. The van der Waals surface area contributed by atoms with Crippen LogP contribution in [0.3, 0.4) is 0 Å². The summed E-state index contributed by atoms with van der Waals surface area (Å²) in [4.78, 5) is 4.01. The van der Waals surface area contributed by atoms with Crippen molar-refractivity contribution in [3.8, 4) is 6.07 Å². The zero-order valence-corrected chi connectivity index (χ0v) is 13.1. The van der Waals surface area contributed by atoms with Crippen molar-refractivity contribution >= 4 is 11.8 Å². The van der Waals surface area contributed by atoms with E-state index in [1.165, 1.54) is 6.21 Å². The standard InChI is InChI=1S/C19H19N3O/c1-2-3-4-15-16-9-14(10-18(16)23-19(15)12-21)17(11-20)13-5-7-22-8-6-13/h3-8,12,16,18,21H,2,9-10H2,1H3/b4-3-,17-14-,21-12?. The third kappa shape index (κ3) is 2.83. The molecule has 1 aromatic heterocycles. The number of ether oxygens (including phenoxy) is 1. The average molecular weight is 305 g/mol. The molecular formula is C19H19N3O. The molecule has 1 aliphatic carbocycles. The van der Waals surface area contributed by atoms with Crippen molar-refractivity contribution in [3.63, 3.8) is 0 Å². The Labute approximate surface area is 136 Å². The fraction of sp³-hybridized carbons (Fsp3) is 0.316. The van der Waals surface area contributed by atoms with Gasteiger partial charge in [0.1, 0.15) is 11.9 Å². The Morgan fingerprint density at radius 3 is 2.87 bits per heavy atom. The van der Waals surface area contributed by atoms with Crippen molar-refractivity contribution in [2.45, 2.75) is 32.3 Å². The van der Waals surface area contributed by atoms with Crippen LogP contribution in [0.25, 0.3) is 5.57 Å². The molecule has 1 fully saturated rings. The summed E-state index contributed by atoms with van der Waals surface area (Å²) >= 11 is 0. The molecule has 2 aliphatic rings. The highest BCUT2D eigenvalue weighted by Crippen LogP contribution is 2.46. The molecule has 2 heterocycles. The van der Waals surface area contributed by atoms with Crippen LogP contribution in [-0.2, 0) is 4.74 Å². The van der Waals surface area contributed by atoms with Gasteiger partial charge in [-0.15, -0.1) is 0 Å². The van der Waals surface area contributed by atoms with Crippen molar-refractivity contribution in [2.75, 3.05) is 0 Å². The van der Waals surface area contributed by atoms with Crippen LogP contribution in [0.15, 0.2) is 53.6 Å². The molecule has 1 aliphatic heterocycles. The lowest BCUT2D eigenvalue weighted by atomic mass is 9.94. The molecule has 1 saturated carbocycles. The molecule has 4 heteroatoms. The molecule has 116 valence electrons. The second kappa shape index (κ2) is 6.62. The summed E-state index contributed by atoms with van der Waals surface area (Å²) in [5, 5.41) is 17.1. The molecule has 0 aromatic carbocycles. The molecule has 0 saturated heterocycles. The van der Waals surface area contributed by atoms with Crippen LogP contribution < -0.4 is 0 Å². The van der Waals surface area contributed by atoms with Gasteiger partial charge in [0.25, 0.3) is 0 Å². The molecule has 2 atom stereocenters. The van der Waals surface area contributed by atoms with E-state index < -0.39 is 0 Å². The number of hydrogen-bond donors (Lipinski definition) is 1. The van der Waals surface area contributed by atoms with Gasteiger partial charge < -0.3 is 10.1 Å². The summed E-state index contributed by atoms with van der Waals surface area (Å²) in [6.45, 7) is 2.09. The normalized spacial score (nSPS) is 25.2. The van der Waals surface area contributed by atoms with Crippen molar-refractivity contribution in [1.29, 1.82) is 10.7 Å². The van der Waals surface area contributed by atoms with Crippen molar-refractivity contribution < 1.29 is 4.74 Å². The third-order valence-corrected chi connectivity index (χ3v) is 4.42. The summed E-state index contributed by atoms with van der Waals surface area (Å²) in [7, 11) is 0. The Bertz CT molecular complexity index is 738. The predicted octanol–water partition coefficient (Wildman–Crippen LogP) is 4.04. The largest absolute Gasteiger partial charge is 0.488 e. The summed E-state index contributed by atoms with van der Waals surface area (Å²) in [6, 6.07) is 6.09. The number of fused-ring (bicyclic) bond motifs is 1. The SMILES string of the molecule is CC/C=C\C1=C(C=N)OC2C/C(=C(/C#N)c3ccncc3)CC12. The van der Waals surface area contributed by atoms with E-state index in [0.29, 0.717) is 5.76 Å². The highest BCUT2D eigenvalue weighted by molar-refractivity contribution is 5.81. The van der Waals surface area contributed by atoms with E-state index in [1.807, 2.05) is 12.1 Å². The van der Waals surface area contributed by atoms with Gasteiger partial charge in [-0.25, -0.2) is 0 Å². The number of nitrogens with zero attached hydrogens (tertiary/aromatic N) is 2. The molecule has 0 radical (unpaired) electrons. The summed E-state index contributed by atoms with van der Waals surface area (Å²) < 4.78 is 5.93. The Kier molecular flexibility index (Phi) is 4.38. The molecule has 23 heavy (non-hydrogen) atoms. The molecule has 0 bridgehead atoms. The van der Waals surface area contributed by atoms with Crippen LogP contribution >= 0.6 is 0 Å². The lowest BCUT2D eigenvalue weighted by Gasteiger charge is -2.08. The zero-order valence-electron chi connectivity index (χ0n) is 13.1. The van der Waals surface area contributed by atoms with Crippen LogP contribution in [0.5, 0.6) is 0 Å². The van der Waals surface area contributed by atoms with Crippen LogP contribution in [-0.4, -0.2) is 17.3 Å². The van der Waals surface area contributed by atoms with E-state index in [1.54, 1.807) is 12.4 Å². The van der Waals surface area contributed by atoms with Crippen LogP contribution in [0.4, 0.5) is 0 Å². The van der Waals surface area contributed by atoms with Crippen molar-refractivity contribution in [3.05, 3.63) is 59.1 Å². The first-order chi connectivity index (χ1) is 11.3. The minimum Gasteiger partial charge on any atom is -0.488 e. The molecule has 2 unspecified atom stereocenters. The molecule has 0 spiro atoms. The molecule has 4 nitrogen and oxygen atoms in total. The van der Waals surface area contributed by atoms with Gasteiger partial charge in [0, 0.05) is 30.3 Å². The first-order valence-corrected chi connectivity index (χ1v) is 7.88. The quantitative estimate of drug-likeness (QED) is 0.674. The van der Waals surface area contributed by atoms with Crippen LogP contribution in [0.2, 0.25) is 0 Å². The topological polar surface area (TPSA) is 69.8 Å². The van der Waals surface area contributed by atoms with Crippen LogP contribution in [0.1, 0.15) is 31.7 Å². The van der Waals surface area contributed by atoms with Gasteiger partial charge in [-0.2, -0.15) is 5.26 Å². The van der Waals surface area contributed by atoms with Gasteiger partial charge in [-0.3, -0.25) is 4.98 Å². The minimum absolute atomic E-state index is 0.0447. The lowest BCUT2D eigenvalue weighted by molar-refractivity contribution is 0.144. The monoisotopic (exact) mass is 305 g/mol. The summed E-state index contributed by atoms with van der Waals surface area (Å²) in [5.41, 5.74) is 3.88. The van der Waals surface area contributed by atoms with Crippen molar-refractivity contribution in [2.24, 2.45) is 5.92 Å². The Morgan fingerprint density at radius 1 is 1.43 bits per heavy atom. The van der Waals surface area contributed by atoms with E-state index in [0.717, 1.165) is 41.5 Å². The van der Waals surface area contributed by atoms with Crippen LogP contribution in [0, 0.1) is 22.7 Å². The Hall–Kier alpha value is -2.67. The van der Waals surface area contributed by atoms with E-state index in [9.17, 15) is 5.26 Å². The van der Waals surface area contributed by atoms with Gasteiger partial charge in [-0.1, -0.05) is 19.1 Å². The number of aromatic nitrogens is 1. The van der Waals surface area contributed by atoms with E-state index in [-0.39, 0.29) is 12.0 Å². The van der Waals surface area contributed by atoms with Gasteiger partial charge in [0.15, 0.2) is 0 Å². The van der Waals surface area contributed by atoms with Gasteiger partial charge in [-0.05, 0) is 36.1 Å². The smallest absolute Gasteiger partial charge is 0.140 e. The number of hydrogen-bond acceptors (Lipinski definition) is 4. The number of rotatable bonds is 4. The zero-order chi connectivity index (χ0) is 16.2. The van der Waals surface area contributed by atoms with Gasteiger partial charge in [0.2, 0.25) is 0 Å². The highest BCUT2D eigenvalue weighted by atomic mass is 16.5. The summed E-state index contributed by atoms with van der Waals surface area (Å²) in [6.07, 6.45) is 11.5. The maximum absolute atomic E-state index is 9.58. The minimum atomic E-state index is 0.0447. The van der Waals surface area contributed by atoms with E-state index >= 15 is 0 Å². The maximum atomic E-state index is 9.58. The van der Waals surface area contributed by atoms with Gasteiger partial charge >= 0.3 is 0 Å². The lowest BCUT2D eigenvalue weighted by Crippen LogP contribution is -2.10. The van der Waals surface area contributed by atoms with E-state index in [2.05, 4.69) is 30.1 Å².